The van der Waals surface area contributed by atoms with E-state index in [4.69, 9.17) is 5.73 Å². The number of amides is 1. The summed E-state index contributed by atoms with van der Waals surface area (Å²) in [6.45, 7) is 2.02. The Bertz CT molecular complexity index is 432. The zero-order valence-corrected chi connectivity index (χ0v) is 12.8. The van der Waals surface area contributed by atoms with Crippen molar-refractivity contribution in [2.24, 2.45) is 11.7 Å². The highest BCUT2D eigenvalue weighted by molar-refractivity contribution is 9.10. The van der Waals surface area contributed by atoms with Crippen LogP contribution < -0.4 is 11.1 Å². The molecule has 2 rings (SSSR count). The van der Waals surface area contributed by atoms with Crippen molar-refractivity contribution < 1.29 is 4.79 Å². The van der Waals surface area contributed by atoms with Crippen molar-refractivity contribution in [1.82, 2.24) is 5.32 Å². The number of hydrogen-bond donors (Lipinski definition) is 2. The van der Waals surface area contributed by atoms with E-state index in [1.165, 1.54) is 0 Å². The monoisotopic (exact) mass is 324 g/mol. The second-order valence-electron chi connectivity index (χ2n) is 5.41. The summed E-state index contributed by atoms with van der Waals surface area (Å²) in [5, 5.41) is 3.10. The average Bonchev–Trinajstić information content (AvgIpc) is 2.39. The number of hydrogen-bond acceptors (Lipinski definition) is 2. The van der Waals surface area contributed by atoms with Crippen LogP contribution in [0, 0.1) is 5.92 Å². The normalized spacial score (nSPS) is 24.8. The van der Waals surface area contributed by atoms with E-state index in [-0.39, 0.29) is 23.9 Å². The Kier molecular flexibility index (Phi) is 4.99. The highest BCUT2D eigenvalue weighted by Crippen LogP contribution is 2.24. The molecule has 0 bridgehead atoms. The maximum atomic E-state index is 12.2. The summed E-state index contributed by atoms with van der Waals surface area (Å²) < 4.78 is 1.05. The smallest absolute Gasteiger partial charge is 0.223 e. The minimum Gasteiger partial charge on any atom is -0.349 e. The van der Waals surface area contributed by atoms with E-state index in [0.717, 1.165) is 35.7 Å². The summed E-state index contributed by atoms with van der Waals surface area (Å²) >= 11 is 3.41. The highest BCUT2D eigenvalue weighted by atomic mass is 79.9. The van der Waals surface area contributed by atoms with Crippen LogP contribution in [0.3, 0.4) is 0 Å². The molecule has 104 valence electrons. The van der Waals surface area contributed by atoms with E-state index in [0.29, 0.717) is 0 Å². The van der Waals surface area contributed by atoms with Crippen LogP contribution in [0.1, 0.15) is 44.2 Å². The van der Waals surface area contributed by atoms with Crippen molar-refractivity contribution in [2.45, 2.75) is 44.7 Å². The molecule has 1 fully saturated rings. The Morgan fingerprint density at radius 2 is 2.05 bits per heavy atom. The number of carbonyl (C=O) groups is 1. The number of nitrogens with one attached hydrogen (secondary N) is 1. The molecule has 3 N–H and O–H groups in total. The summed E-state index contributed by atoms with van der Waals surface area (Å²) in [7, 11) is 0. The summed E-state index contributed by atoms with van der Waals surface area (Å²) in [5.41, 5.74) is 7.06. The molecule has 0 spiro atoms. The molecule has 0 saturated heterocycles. The van der Waals surface area contributed by atoms with Gasteiger partial charge in [-0.25, -0.2) is 0 Å². The van der Waals surface area contributed by atoms with Gasteiger partial charge in [0, 0.05) is 16.4 Å². The van der Waals surface area contributed by atoms with E-state index in [1.807, 2.05) is 31.2 Å². The molecule has 19 heavy (non-hydrogen) atoms. The summed E-state index contributed by atoms with van der Waals surface area (Å²) in [4.78, 5) is 12.2. The molecule has 0 radical (unpaired) electrons. The van der Waals surface area contributed by atoms with Crippen molar-refractivity contribution in [3.05, 3.63) is 34.3 Å². The van der Waals surface area contributed by atoms with Gasteiger partial charge in [0.2, 0.25) is 5.91 Å². The fourth-order valence-electron chi connectivity index (χ4n) is 2.63. The predicted octanol–water partition coefficient (Wildman–Crippen LogP) is 3.14. The Labute approximate surface area is 123 Å². The Morgan fingerprint density at radius 1 is 1.37 bits per heavy atom. The van der Waals surface area contributed by atoms with Gasteiger partial charge in [0.1, 0.15) is 0 Å². The first-order valence-corrected chi connectivity index (χ1v) is 7.67. The SMILES string of the molecule is C[C@@H](NC(=O)C1CCCC(N)C1)c1ccc(Br)cc1. The molecule has 1 aliphatic carbocycles. The van der Waals surface area contributed by atoms with Gasteiger partial charge in [0.15, 0.2) is 0 Å². The molecule has 4 heteroatoms. The van der Waals surface area contributed by atoms with Crippen LogP contribution in [0.4, 0.5) is 0 Å². The van der Waals surface area contributed by atoms with Gasteiger partial charge in [-0.2, -0.15) is 0 Å². The Morgan fingerprint density at radius 3 is 2.68 bits per heavy atom. The second-order valence-corrected chi connectivity index (χ2v) is 6.32. The lowest BCUT2D eigenvalue weighted by Crippen LogP contribution is -2.38. The molecule has 1 aliphatic rings. The van der Waals surface area contributed by atoms with E-state index in [2.05, 4.69) is 21.2 Å². The average molecular weight is 325 g/mol. The lowest BCUT2D eigenvalue weighted by molar-refractivity contribution is -0.126. The third-order valence-electron chi connectivity index (χ3n) is 3.81. The molecule has 3 nitrogen and oxygen atoms in total. The maximum Gasteiger partial charge on any atom is 0.223 e. The van der Waals surface area contributed by atoms with Gasteiger partial charge in [-0.3, -0.25) is 4.79 Å². The predicted molar refractivity (Wildman–Crippen MR) is 80.6 cm³/mol. The van der Waals surface area contributed by atoms with Gasteiger partial charge < -0.3 is 11.1 Å². The van der Waals surface area contributed by atoms with Crippen molar-refractivity contribution in [1.29, 1.82) is 0 Å². The van der Waals surface area contributed by atoms with E-state index < -0.39 is 0 Å². The van der Waals surface area contributed by atoms with Gasteiger partial charge >= 0.3 is 0 Å². The van der Waals surface area contributed by atoms with E-state index in [1.54, 1.807) is 0 Å². The topological polar surface area (TPSA) is 55.1 Å². The summed E-state index contributed by atoms with van der Waals surface area (Å²) in [5.74, 6) is 0.229. The summed E-state index contributed by atoms with van der Waals surface area (Å²) in [6.07, 6.45) is 3.89. The van der Waals surface area contributed by atoms with Gasteiger partial charge in [0.05, 0.1) is 6.04 Å². The first-order chi connectivity index (χ1) is 9.06. The van der Waals surface area contributed by atoms with E-state index >= 15 is 0 Å². The lowest BCUT2D eigenvalue weighted by Gasteiger charge is -2.27. The third kappa shape index (κ3) is 4.05. The number of carbonyl (C=O) groups excluding carboxylic acids is 1. The van der Waals surface area contributed by atoms with Crippen LogP contribution >= 0.6 is 15.9 Å². The molecule has 1 saturated carbocycles. The largest absolute Gasteiger partial charge is 0.349 e. The fraction of sp³-hybridized carbons (Fsp3) is 0.533. The molecule has 1 aromatic carbocycles. The lowest BCUT2D eigenvalue weighted by atomic mass is 9.85. The first-order valence-electron chi connectivity index (χ1n) is 6.87. The third-order valence-corrected chi connectivity index (χ3v) is 4.34. The van der Waals surface area contributed by atoms with Gasteiger partial charge in [-0.05, 0) is 43.9 Å². The summed E-state index contributed by atoms with van der Waals surface area (Å²) in [6, 6.07) is 8.28. The Hall–Kier alpha value is -0.870. The molecular formula is C15H21BrN2O. The maximum absolute atomic E-state index is 12.2. The van der Waals surface area contributed by atoms with Crippen LogP contribution in [-0.4, -0.2) is 11.9 Å². The number of nitrogens with two attached hydrogens (primary N) is 1. The van der Waals surface area contributed by atoms with Crippen LogP contribution in [0.25, 0.3) is 0 Å². The van der Waals surface area contributed by atoms with Crippen molar-refractivity contribution in [3.63, 3.8) is 0 Å². The van der Waals surface area contributed by atoms with Crippen LogP contribution in [0.5, 0.6) is 0 Å². The van der Waals surface area contributed by atoms with Gasteiger partial charge in [-0.1, -0.05) is 34.5 Å². The van der Waals surface area contributed by atoms with Crippen molar-refractivity contribution in [3.8, 4) is 0 Å². The molecule has 1 amide bonds. The highest BCUT2D eigenvalue weighted by Gasteiger charge is 2.26. The zero-order valence-electron chi connectivity index (χ0n) is 11.2. The van der Waals surface area contributed by atoms with Crippen LogP contribution in [0.15, 0.2) is 28.7 Å². The second kappa shape index (κ2) is 6.53. The minimum absolute atomic E-state index is 0.0405. The molecule has 0 aromatic heterocycles. The molecule has 1 aromatic rings. The standard InChI is InChI=1S/C15H21BrN2O/c1-10(11-5-7-13(16)8-6-11)18-15(19)12-3-2-4-14(17)9-12/h5-8,10,12,14H,2-4,9,17H2,1H3,(H,18,19)/t10-,12?,14?/m1/s1. The van der Waals surface area contributed by atoms with Crippen LogP contribution in [0.2, 0.25) is 0 Å². The number of rotatable bonds is 3. The molecule has 0 aliphatic heterocycles. The number of halogens is 1. The van der Waals surface area contributed by atoms with Gasteiger partial charge in [0.25, 0.3) is 0 Å². The first kappa shape index (κ1) is 14.5. The quantitative estimate of drug-likeness (QED) is 0.897. The number of benzene rings is 1. The molecule has 0 heterocycles. The molecule has 2 unspecified atom stereocenters. The zero-order chi connectivity index (χ0) is 13.8. The molecule has 3 atom stereocenters. The van der Waals surface area contributed by atoms with E-state index in [9.17, 15) is 4.79 Å². The van der Waals surface area contributed by atoms with Crippen molar-refractivity contribution >= 4 is 21.8 Å². The van der Waals surface area contributed by atoms with Crippen LogP contribution in [-0.2, 0) is 4.79 Å². The minimum atomic E-state index is 0.0405. The Balaban J connectivity index is 1.92. The van der Waals surface area contributed by atoms with Gasteiger partial charge in [-0.15, -0.1) is 0 Å². The fourth-order valence-corrected chi connectivity index (χ4v) is 2.90. The molecular weight excluding hydrogens is 304 g/mol. The van der Waals surface area contributed by atoms with Crippen molar-refractivity contribution in [2.75, 3.05) is 0 Å².